The van der Waals surface area contributed by atoms with Crippen molar-refractivity contribution in [3.8, 4) is 22.8 Å². The first-order valence-corrected chi connectivity index (χ1v) is 6.58. The molecule has 0 radical (unpaired) electrons. The lowest BCUT2D eigenvalue weighted by Crippen LogP contribution is -1.87. The maximum atomic E-state index is 13.3. The van der Waals surface area contributed by atoms with Gasteiger partial charge in [-0.25, -0.2) is 4.39 Å². The van der Waals surface area contributed by atoms with E-state index in [0.717, 1.165) is 0 Å². The van der Waals surface area contributed by atoms with E-state index < -0.39 is 0 Å². The summed E-state index contributed by atoms with van der Waals surface area (Å²) in [5.74, 6) is 0.391. The molecule has 2 aromatic carbocycles. The number of hydrogen-bond donors (Lipinski definition) is 1. The average molecular weight is 304 g/mol. The van der Waals surface area contributed by atoms with Gasteiger partial charge >= 0.3 is 0 Å². The van der Waals surface area contributed by atoms with Gasteiger partial charge in [-0.1, -0.05) is 16.8 Å². The summed E-state index contributed by atoms with van der Waals surface area (Å²) in [5.41, 5.74) is 7.99. The fourth-order valence-corrected chi connectivity index (χ4v) is 2.21. The Balaban J connectivity index is 2.01. The van der Waals surface area contributed by atoms with Crippen LogP contribution in [0.1, 0.15) is 5.56 Å². The molecule has 106 valence electrons. The van der Waals surface area contributed by atoms with Crippen molar-refractivity contribution in [2.24, 2.45) is 0 Å². The van der Waals surface area contributed by atoms with Crippen molar-refractivity contribution >= 4 is 17.3 Å². The normalized spacial score (nSPS) is 10.8. The molecule has 0 saturated carbocycles. The summed E-state index contributed by atoms with van der Waals surface area (Å²) in [6.45, 7) is 1.68. The number of nitrogen functional groups attached to an aromatic ring is 1. The van der Waals surface area contributed by atoms with Crippen LogP contribution in [0.15, 0.2) is 40.9 Å². The average Bonchev–Trinajstić information content (AvgIpc) is 2.91. The van der Waals surface area contributed by atoms with E-state index in [2.05, 4.69) is 10.1 Å². The van der Waals surface area contributed by atoms with Crippen molar-refractivity contribution in [3.05, 3.63) is 52.8 Å². The monoisotopic (exact) mass is 303 g/mol. The SMILES string of the molecule is Cc1cc(-c2noc(-c3ccc(N)cc3Cl)n2)ccc1F. The summed E-state index contributed by atoms with van der Waals surface area (Å²) >= 11 is 6.11. The van der Waals surface area contributed by atoms with Crippen LogP contribution in [0.25, 0.3) is 22.8 Å². The molecular weight excluding hydrogens is 293 g/mol. The second-order valence-corrected chi connectivity index (χ2v) is 5.03. The fraction of sp³-hybridized carbons (Fsp3) is 0.0667. The summed E-state index contributed by atoms with van der Waals surface area (Å²) in [7, 11) is 0. The highest BCUT2D eigenvalue weighted by Crippen LogP contribution is 2.30. The van der Waals surface area contributed by atoms with E-state index in [4.69, 9.17) is 21.9 Å². The molecule has 4 nitrogen and oxygen atoms in total. The molecule has 0 aliphatic carbocycles. The van der Waals surface area contributed by atoms with Gasteiger partial charge < -0.3 is 10.3 Å². The first-order valence-electron chi connectivity index (χ1n) is 6.20. The Kier molecular flexibility index (Phi) is 3.35. The molecule has 0 aliphatic rings. The lowest BCUT2D eigenvalue weighted by molar-refractivity contribution is 0.432. The number of nitrogens with zero attached hydrogens (tertiary/aromatic N) is 2. The molecule has 1 aromatic heterocycles. The second kappa shape index (κ2) is 5.18. The zero-order valence-electron chi connectivity index (χ0n) is 11.1. The third-order valence-electron chi connectivity index (χ3n) is 3.07. The Morgan fingerprint density at radius 2 is 2.00 bits per heavy atom. The van der Waals surface area contributed by atoms with Gasteiger partial charge in [0.15, 0.2) is 0 Å². The first kappa shape index (κ1) is 13.6. The standard InChI is InChI=1S/C15H11ClFN3O/c1-8-6-9(2-5-13(8)17)14-19-15(21-20-14)11-4-3-10(18)7-12(11)16/h2-7H,18H2,1H3. The number of hydrogen-bond acceptors (Lipinski definition) is 4. The van der Waals surface area contributed by atoms with E-state index in [-0.39, 0.29) is 11.7 Å². The number of aryl methyl sites for hydroxylation is 1. The van der Waals surface area contributed by atoms with E-state index in [1.807, 2.05) is 0 Å². The molecular formula is C15H11ClFN3O. The van der Waals surface area contributed by atoms with Gasteiger partial charge in [0.25, 0.3) is 5.89 Å². The van der Waals surface area contributed by atoms with Crippen molar-refractivity contribution in [2.75, 3.05) is 5.73 Å². The predicted octanol–water partition coefficient (Wildman–Crippen LogP) is 4.09. The summed E-state index contributed by atoms with van der Waals surface area (Å²) in [5, 5.41) is 4.33. The number of anilines is 1. The number of rotatable bonds is 2. The Labute approximate surface area is 125 Å². The first-order chi connectivity index (χ1) is 10.0. The van der Waals surface area contributed by atoms with Crippen molar-refractivity contribution in [3.63, 3.8) is 0 Å². The van der Waals surface area contributed by atoms with E-state index in [9.17, 15) is 4.39 Å². The molecule has 0 saturated heterocycles. The zero-order chi connectivity index (χ0) is 15.0. The Hall–Kier alpha value is -2.40. The molecule has 0 atom stereocenters. The number of benzene rings is 2. The predicted molar refractivity (Wildman–Crippen MR) is 79.3 cm³/mol. The largest absolute Gasteiger partial charge is 0.399 e. The van der Waals surface area contributed by atoms with Gasteiger partial charge in [-0.15, -0.1) is 0 Å². The fourth-order valence-electron chi connectivity index (χ4n) is 1.94. The molecule has 0 unspecified atom stereocenters. The van der Waals surface area contributed by atoms with Crippen LogP contribution < -0.4 is 5.73 Å². The minimum absolute atomic E-state index is 0.274. The zero-order valence-corrected chi connectivity index (χ0v) is 11.9. The third-order valence-corrected chi connectivity index (χ3v) is 3.38. The summed E-state index contributed by atoms with van der Waals surface area (Å²) < 4.78 is 18.5. The van der Waals surface area contributed by atoms with Gasteiger partial charge in [0, 0.05) is 11.3 Å². The van der Waals surface area contributed by atoms with Crippen LogP contribution in [0, 0.1) is 12.7 Å². The summed E-state index contributed by atoms with van der Waals surface area (Å²) in [6.07, 6.45) is 0. The van der Waals surface area contributed by atoms with Crippen LogP contribution in [0.2, 0.25) is 5.02 Å². The van der Waals surface area contributed by atoms with Crippen LogP contribution in [0.4, 0.5) is 10.1 Å². The van der Waals surface area contributed by atoms with Crippen LogP contribution in [0.5, 0.6) is 0 Å². The minimum Gasteiger partial charge on any atom is -0.399 e. The third kappa shape index (κ3) is 2.60. The Bertz CT molecular complexity index is 816. The topological polar surface area (TPSA) is 64.9 Å². The number of aromatic nitrogens is 2. The highest BCUT2D eigenvalue weighted by atomic mass is 35.5. The molecule has 21 heavy (non-hydrogen) atoms. The van der Waals surface area contributed by atoms with Crippen LogP contribution >= 0.6 is 11.6 Å². The molecule has 1 heterocycles. The van der Waals surface area contributed by atoms with Crippen molar-refractivity contribution in [2.45, 2.75) is 6.92 Å². The van der Waals surface area contributed by atoms with Crippen LogP contribution in [0.3, 0.4) is 0 Å². The smallest absolute Gasteiger partial charge is 0.259 e. The van der Waals surface area contributed by atoms with Crippen molar-refractivity contribution in [1.29, 1.82) is 0 Å². The van der Waals surface area contributed by atoms with Crippen LogP contribution in [-0.4, -0.2) is 10.1 Å². The molecule has 3 aromatic rings. The van der Waals surface area contributed by atoms with Crippen molar-refractivity contribution in [1.82, 2.24) is 10.1 Å². The Morgan fingerprint density at radius 3 is 2.71 bits per heavy atom. The molecule has 2 N–H and O–H groups in total. The molecule has 0 spiro atoms. The highest BCUT2D eigenvalue weighted by molar-refractivity contribution is 6.33. The van der Waals surface area contributed by atoms with Crippen LogP contribution in [-0.2, 0) is 0 Å². The minimum atomic E-state index is -0.274. The summed E-state index contributed by atoms with van der Waals surface area (Å²) in [6, 6.07) is 9.66. The van der Waals surface area contributed by atoms with Crippen molar-refractivity contribution < 1.29 is 8.91 Å². The van der Waals surface area contributed by atoms with Gasteiger partial charge in [-0.3, -0.25) is 0 Å². The second-order valence-electron chi connectivity index (χ2n) is 4.63. The van der Waals surface area contributed by atoms with Gasteiger partial charge in [0.1, 0.15) is 5.82 Å². The maximum Gasteiger partial charge on any atom is 0.259 e. The number of halogens is 2. The van der Waals surface area contributed by atoms with Gasteiger partial charge in [-0.2, -0.15) is 4.98 Å². The molecule has 3 rings (SSSR count). The van der Waals surface area contributed by atoms with E-state index in [0.29, 0.717) is 33.2 Å². The number of nitrogens with two attached hydrogens (primary N) is 1. The van der Waals surface area contributed by atoms with E-state index >= 15 is 0 Å². The highest BCUT2D eigenvalue weighted by Gasteiger charge is 2.14. The lowest BCUT2D eigenvalue weighted by Gasteiger charge is -1.99. The Morgan fingerprint density at radius 1 is 1.19 bits per heavy atom. The molecule has 0 aliphatic heterocycles. The molecule has 0 bridgehead atoms. The van der Waals surface area contributed by atoms with Gasteiger partial charge in [-0.05, 0) is 48.9 Å². The van der Waals surface area contributed by atoms with Gasteiger partial charge in [0.2, 0.25) is 5.82 Å². The molecule has 0 amide bonds. The quantitative estimate of drug-likeness (QED) is 0.724. The molecule has 0 fully saturated rings. The maximum absolute atomic E-state index is 13.3. The summed E-state index contributed by atoms with van der Waals surface area (Å²) in [4.78, 5) is 4.29. The lowest BCUT2D eigenvalue weighted by atomic mass is 10.1. The van der Waals surface area contributed by atoms with E-state index in [1.165, 1.54) is 6.07 Å². The molecule has 6 heteroatoms. The van der Waals surface area contributed by atoms with Gasteiger partial charge in [0.05, 0.1) is 10.6 Å². The van der Waals surface area contributed by atoms with E-state index in [1.54, 1.807) is 37.3 Å².